The van der Waals surface area contributed by atoms with E-state index in [1.807, 2.05) is 32.2 Å². The van der Waals surface area contributed by atoms with E-state index in [1.165, 1.54) is 17.4 Å². The van der Waals surface area contributed by atoms with Gasteiger partial charge in [0, 0.05) is 41.8 Å². The van der Waals surface area contributed by atoms with Gasteiger partial charge >= 0.3 is 0 Å². The summed E-state index contributed by atoms with van der Waals surface area (Å²) in [4.78, 5) is 19.9. The molecule has 3 aromatic rings. The summed E-state index contributed by atoms with van der Waals surface area (Å²) >= 11 is 1.36. The third-order valence-corrected chi connectivity index (χ3v) is 6.54. The highest BCUT2D eigenvalue weighted by atomic mass is 32.1. The highest BCUT2D eigenvalue weighted by Crippen LogP contribution is 2.32. The van der Waals surface area contributed by atoms with Gasteiger partial charge in [-0.25, -0.2) is 9.37 Å². The fourth-order valence-electron chi connectivity index (χ4n) is 3.62. The van der Waals surface area contributed by atoms with Crippen LogP contribution in [0.25, 0.3) is 10.6 Å². The van der Waals surface area contributed by atoms with Crippen molar-refractivity contribution in [1.29, 1.82) is 0 Å². The molecule has 0 bridgehead atoms. The van der Waals surface area contributed by atoms with E-state index < -0.39 is 5.41 Å². The molecule has 0 atom stereocenters. The molecular formula is C22H26FN5OS. The maximum Gasteiger partial charge on any atom is 0.231 e. The largest absolute Gasteiger partial charge is 0.355 e. The summed E-state index contributed by atoms with van der Waals surface area (Å²) in [5.74, 6) is 0.599. The van der Waals surface area contributed by atoms with Crippen LogP contribution in [0.4, 0.5) is 10.2 Å². The van der Waals surface area contributed by atoms with Crippen LogP contribution in [0.3, 0.4) is 0 Å². The zero-order valence-electron chi connectivity index (χ0n) is 17.4. The van der Waals surface area contributed by atoms with E-state index in [9.17, 15) is 9.18 Å². The maximum atomic E-state index is 14.1. The van der Waals surface area contributed by atoms with Gasteiger partial charge in [0.1, 0.15) is 10.8 Å². The fourth-order valence-corrected chi connectivity index (χ4v) is 4.63. The van der Waals surface area contributed by atoms with Crippen LogP contribution in [0.1, 0.15) is 38.1 Å². The Bertz CT molecular complexity index is 1040. The molecule has 1 aliphatic rings. The molecule has 4 rings (SSSR count). The summed E-state index contributed by atoms with van der Waals surface area (Å²) in [6, 6.07) is 8.73. The quantitative estimate of drug-likeness (QED) is 0.644. The van der Waals surface area contributed by atoms with Crippen LogP contribution in [0.15, 0.2) is 35.7 Å². The summed E-state index contributed by atoms with van der Waals surface area (Å²) in [7, 11) is 0. The summed E-state index contributed by atoms with van der Waals surface area (Å²) < 4.78 is 14.1. The molecule has 1 aliphatic heterocycles. The normalized spacial score (nSPS) is 15.4. The first-order chi connectivity index (χ1) is 14.3. The number of aromatic amines is 1. The van der Waals surface area contributed by atoms with Gasteiger partial charge in [-0.2, -0.15) is 5.10 Å². The molecule has 0 spiro atoms. The minimum atomic E-state index is -0.795. The number of carbonyl (C=O) groups excluding carboxylic acids is 1. The summed E-state index contributed by atoms with van der Waals surface area (Å²) in [6.45, 7) is 7.42. The van der Waals surface area contributed by atoms with Crippen LogP contribution in [0.2, 0.25) is 0 Å². The van der Waals surface area contributed by atoms with Crippen molar-refractivity contribution < 1.29 is 9.18 Å². The van der Waals surface area contributed by atoms with Gasteiger partial charge in [0.2, 0.25) is 5.91 Å². The molecule has 1 aromatic carbocycles. The molecule has 30 heavy (non-hydrogen) atoms. The van der Waals surface area contributed by atoms with Crippen molar-refractivity contribution in [2.24, 2.45) is 0 Å². The SMILES string of the molecule is Cc1cc(N2CCC(NC(=O)C(C)(C)c3csc(-c4ccccc4F)n3)CC2)n[nH]1. The van der Waals surface area contributed by atoms with Crippen molar-refractivity contribution >= 4 is 23.1 Å². The lowest BCUT2D eigenvalue weighted by Gasteiger charge is -2.34. The van der Waals surface area contributed by atoms with E-state index in [2.05, 4.69) is 25.4 Å². The number of aryl methyl sites for hydroxylation is 1. The number of thiazole rings is 1. The van der Waals surface area contributed by atoms with Gasteiger partial charge in [0.15, 0.2) is 5.82 Å². The van der Waals surface area contributed by atoms with Crippen molar-refractivity contribution in [1.82, 2.24) is 20.5 Å². The van der Waals surface area contributed by atoms with Crippen LogP contribution in [0.5, 0.6) is 0 Å². The van der Waals surface area contributed by atoms with Gasteiger partial charge < -0.3 is 10.2 Å². The Balaban J connectivity index is 1.39. The van der Waals surface area contributed by atoms with E-state index in [1.54, 1.807) is 18.2 Å². The second-order valence-electron chi connectivity index (χ2n) is 8.29. The van der Waals surface area contributed by atoms with Crippen LogP contribution in [0, 0.1) is 12.7 Å². The highest BCUT2D eigenvalue weighted by molar-refractivity contribution is 7.13. The van der Waals surface area contributed by atoms with E-state index >= 15 is 0 Å². The lowest BCUT2D eigenvalue weighted by molar-refractivity contribution is -0.126. The first kappa shape index (κ1) is 20.5. The Morgan fingerprint density at radius 1 is 1.30 bits per heavy atom. The fraction of sp³-hybridized carbons (Fsp3) is 0.409. The number of anilines is 1. The lowest BCUT2D eigenvalue weighted by atomic mass is 9.88. The molecule has 2 N–H and O–H groups in total. The van der Waals surface area contributed by atoms with Gasteiger partial charge in [-0.05, 0) is 45.7 Å². The number of piperidine rings is 1. The number of halogens is 1. The molecule has 6 nitrogen and oxygen atoms in total. The average molecular weight is 428 g/mol. The summed E-state index contributed by atoms with van der Waals surface area (Å²) in [6.07, 6.45) is 1.73. The number of hydrogen-bond donors (Lipinski definition) is 2. The van der Waals surface area contributed by atoms with Crippen molar-refractivity contribution in [2.45, 2.75) is 45.1 Å². The predicted molar refractivity (Wildman–Crippen MR) is 117 cm³/mol. The van der Waals surface area contributed by atoms with Crippen molar-refractivity contribution in [3.8, 4) is 10.6 Å². The predicted octanol–water partition coefficient (Wildman–Crippen LogP) is 4.04. The van der Waals surface area contributed by atoms with E-state index in [0.29, 0.717) is 16.3 Å². The number of H-pyrrole nitrogens is 1. The first-order valence-electron chi connectivity index (χ1n) is 10.1. The monoisotopic (exact) mass is 427 g/mol. The zero-order valence-corrected chi connectivity index (χ0v) is 18.2. The number of benzene rings is 1. The van der Waals surface area contributed by atoms with Crippen LogP contribution in [-0.2, 0) is 10.2 Å². The smallest absolute Gasteiger partial charge is 0.231 e. The van der Waals surface area contributed by atoms with Crippen molar-refractivity contribution in [2.75, 3.05) is 18.0 Å². The topological polar surface area (TPSA) is 73.9 Å². The number of hydrogen-bond acceptors (Lipinski definition) is 5. The molecule has 0 aliphatic carbocycles. The molecule has 1 amide bonds. The minimum absolute atomic E-state index is 0.0538. The zero-order chi connectivity index (χ0) is 21.3. The molecule has 1 saturated heterocycles. The third kappa shape index (κ3) is 4.09. The molecule has 3 heterocycles. The Kier molecular flexibility index (Phi) is 5.60. The molecule has 0 unspecified atom stereocenters. The van der Waals surface area contributed by atoms with Crippen LogP contribution in [-0.4, -0.2) is 40.2 Å². The molecule has 1 fully saturated rings. The Morgan fingerprint density at radius 3 is 2.70 bits per heavy atom. The Labute approximate surface area is 179 Å². The van der Waals surface area contributed by atoms with E-state index in [-0.39, 0.29) is 17.8 Å². The second-order valence-corrected chi connectivity index (χ2v) is 9.14. The maximum absolute atomic E-state index is 14.1. The molecule has 2 aromatic heterocycles. The summed E-state index contributed by atoms with van der Waals surface area (Å²) in [5, 5.41) is 12.9. The van der Waals surface area contributed by atoms with Gasteiger partial charge in [-0.3, -0.25) is 9.89 Å². The summed E-state index contributed by atoms with van der Waals surface area (Å²) in [5.41, 5.74) is 1.37. The van der Waals surface area contributed by atoms with Gasteiger partial charge in [-0.15, -0.1) is 11.3 Å². The van der Waals surface area contributed by atoms with Crippen LogP contribution < -0.4 is 10.2 Å². The average Bonchev–Trinajstić information content (AvgIpc) is 3.39. The third-order valence-electron chi connectivity index (χ3n) is 5.66. The number of nitrogens with one attached hydrogen (secondary N) is 2. The van der Waals surface area contributed by atoms with Crippen LogP contribution >= 0.6 is 11.3 Å². The second kappa shape index (κ2) is 8.18. The molecule has 0 saturated carbocycles. The molecule has 158 valence electrons. The number of nitrogens with zero attached hydrogens (tertiary/aromatic N) is 3. The van der Waals surface area contributed by atoms with Crippen molar-refractivity contribution in [3.05, 3.63) is 52.9 Å². The van der Waals surface area contributed by atoms with Gasteiger partial charge in [0.05, 0.1) is 11.1 Å². The minimum Gasteiger partial charge on any atom is -0.355 e. The van der Waals surface area contributed by atoms with E-state index in [4.69, 9.17) is 0 Å². The molecule has 0 radical (unpaired) electrons. The highest BCUT2D eigenvalue weighted by Gasteiger charge is 2.34. The van der Waals surface area contributed by atoms with Gasteiger partial charge in [0.25, 0.3) is 0 Å². The number of carbonyl (C=O) groups is 1. The molecular weight excluding hydrogens is 401 g/mol. The lowest BCUT2D eigenvalue weighted by Crippen LogP contribution is -2.49. The Hall–Kier alpha value is -2.74. The van der Waals surface area contributed by atoms with E-state index in [0.717, 1.165) is 37.4 Å². The number of amides is 1. The number of aromatic nitrogens is 3. The molecule has 8 heteroatoms. The standard InChI is InChI=1S/C22H26FN5OS/c1-14-12-19(27-26-14)28-10-8-15(9-11-28)24-21(29)22(2,3)18-13-30-20(25-18)16-6-4-5-7-17(16)23/h4-7,12-13,15H,8-11H2,1-3H3,(H,24,29)(H,26,27). The van der Waals surface area contributed by atoms with Crippen molar-refractivity contribution in [3.63, 3.8) is 0 Å². The number of rotatable bonds is 5. The first-order valence-corrected chi connectivity index (χ1v) is 11.0. The van der Waals surface area contributed by atoms with Gasteiger partial charge in [-0.1, -0.05) is 12.1 Å². The Morgan fingerprint density at radius 2 is 2.03 bits per heavy atom.